The van der Waals surface area contributed by atoms with Crippen LogP contribution >= 0.6 is 0 Å². The summed E-state index contributed by atoms with van der Waals surface area (Å²) in [4.78, 5) is 26.9. The van der Waals surface area contributed by atoms with E-state index in [1.54, 1.807) is 0 Å². The second-order valence-corrected chi connectivity index (χ2v) is 12.2. The van der Waals surface area contributed by atoms with Gasteiger partial charge in [0.25, 0.3) is 0 Å². The van der Waals surface area contributed by atoms with Crippen LogP contribution in [0.5, 0.6) is 0 Å². The van der Waals surface area contributed by atoms with E-state index in [0.29, 0.717) is 17.5 Å². The fourth-order valence-corrected chi connectivity index (χ4v) is 6.96. The first-order chi connectivity index (χ1) is 24.8. The summed E-state index contributed by atoms with van der Waals surface area (Å²) in [5, 5.41) is 0. The number of pyridine rings is 2. The highest BCUT2D eigenvalue weighted by Crippen LogP contribution is 2.49. The maximum atomic E-state index is 5.05. The van der Waals surface area contributed by atoms with Gasteiger partial charge in [-0.05, 0) is 59.7 Å². The van der Waals surface area contributed by atoms with Gasteiger partial charge in [-0.15, -0.1) is 0 Å². The van der Waals surface area contributed by atoms with Crippen molar-refractivity contribution < 1.29 is 0 Å². The molecule has 0 fully saturated rings. The minimum absolute atomic E-state index is 0.601. The molecule has 0 radical (unpaired) electrons. The number of nitrogens with zero attached hydrogens (tertiary/aromatic N) is 7. The smallest absolute Gasteiger partial charge is 0.164 e. The summed E-state index contributed by atoms with van der Waals surface area (Å²) in [5.74, 6) is 1.85. The van der Waals surface area contributed by atoms with Gasteiger partial charge in [0, 0.05) is 34.8 Å². The highest BCUT2D eigenvalue weighted by molar-refractivity contribution is 6.13. The van der Waals surface area contributed by atoms with Crippen LogP contribution in [-0.2, 0) is 0 Å². The molecule has 234 valence electrons. The van der Waals surface area contributed by atoms with E-state index in [-0.39, 0.29) is 0 Å². The highest BCUT2D eigenvalue weighted by atomic mass is 15.2. The monoisotopic (exact) mass is 641 g/mol. The van der Waals surface area contributed by atoms with Crippen LogP contribution in [0.25, 0.3) is 73.0 Å². The molecule has 7 nitrogen and oxygen atoms in total. The third-order valence-corrected chi connectivity index (χ3v) is 9.27. The summed E-state index contributed by atoms with van der Waals surface area (Å²) < 4.78 is 2.28. The average molecular weight is 642 g/mol. The van der Waals surface area contributed by atoms with Gasteiger partial charge in [-0.25, -0.2) is 15.0 Å². The van der Waals surface area contributed by atoms with Gasteiger partial charge in [-0.3, -0.25) is 9.97 Å². The van der Waals surface area contributed by atoms with Gasteiger partial charge in [-0.2, -0.15) is 0 Å². The van der Waals surface area contributed by atoms with Crippen LogP contribution < -0.4 is 4.90 Å². The molecule has 0 bridgehead atoms. The van der Waals surface area contributed by atoms with E-state index in [2.05, 4.69) is 88.3 Å². The Labute approximate surface area is 287 Å². The fourth-order valence-electron chi connectivity index (χ4n) is 6.96. The van der Waals surface area contributed by atoms with E-state index in [4.69, 9.17) is 24.9 Å². The van der Waals surface area contributed by atoms with Crippen LogP contribution in [0.3, 0.4) is 0 Å². The van der Waals surface area contributed by atoms with E-state index in [9.17, 15) is 0 Å². The average Bonchev–Trinajstić information content (AvgIpc) is 3.54. The quantitative estimate of drug-likeness (QED) is 0.186. The molecule has 9 aromatic rings. The van der Waals surface area contributed by atoms with E-state index in [0.717, 1.165) is 67.1 Å². The van der Waals surface area contributed by atoms with Crippen molar-refractivity contribution >= 4 is 39.1 Å². The lowest BCUT2D eigenvalue weighted by atomic mass is 10.0. The van der Waals surface area contributed by atoms with Crippen molar-refractivity contribution in [3.8, 4) is 51.0 Å². The van der Waals surface area contributed by atoms with Crippen LogP contribution in [0, 0.1) is 0 Å². The number of anilines is 3. The summed E-state index contributed by atoms with van der Waals surface area (Å²) in [6.45, 7) is 0. The first kappa shape index (κ1) is 28.1. The maximum Gasteiger partial charge on any atom is 0.164 e. The molecule has 4 aromatic heterocycles. The van der Waals surface area contributed by atoms with Gasteiger partial charge >= 0.3 is 0 Å². The second kappa shape index (κ2) is 11.3. The Hall–Kier alpha value is -6.99. The van der Waals surface area contributed by atoms with Gasteiger partial charge < -0.3 is 9.47 Å². The number of hydrogen-bond acceptors (Lipinski definition) is 6. The van der Waals surface area contributed by atoms with Crippen molar-refractivity contribution in [2.45, 2.75) is 0 Å². The first-order valence-electron chi connectivity index (χ1n) is 16.5. The lowest BCUT2D eigenvalue weighted by molar-refractivity contribution is 1.07. The van der Waals surface area contributed by atoms with Crippen LogP contribution in [0.15, 0.2) is 164 Å². The predicted octanol–water partition coefficient (Wildman–Crippen LogP) is 10.2. The molecule has 0 amide bonds. The van der Waals surface area contributed by atoms with Crippen molar-refractivity contribution in [2.24, 2.45) is 0 Å². The fraction of sp³-hybridized carbons (Fsp3) is 0. The van der Waals surface area contributed by atoms with Crippen LogP contribution in [0.4, 0.5) is 17.1 Å². The maximum absolute atomic E-state index is 5.05. The zero-order valence-electron chi connectivity index (χ0n) is 26.7. The predicted molar refractivity (Wildman–Crippen MR) is 200 cm³/mol. The molecule has 10 rings (SSSR count). The normalized spacial score (nSPS) is 12.0. The van der Waals surface area contributed by atoms with Gasteiger partial charge in [0.1, 0.15) is 11.0 Å². The summed E-state index contributed by atoms with van der Waals surface area (Å²) >= 11 is 0. The molecule has 5 heterocycles. The Morgan fingerprint density at radius 1 is 0.380 bits per heavy atom. The minimum Gasteiger partial charge on any atom is -0.306 e. The molecule has 0 saturated carbocycles. The number of hydrogen-bond donors (Lipinski definition) is 0. The summed E-state index contributed by atoms with van der Waals surface area (Å²) in [7, 11) is 0. The second-order valence-electron chi connectivity index (χ2n) is 12.2. The zero-order chi connectivity index (χ0) is 33.0. The SMILES string of the molecule is c1ccc(-c2ccc(N3c4cc(-c5nc(-c6ccccc6)nc(-c6ccccc6)n5)ccc4-n4c5cccnc5c5nccc3c54)cc2)cc1. The Morgan fingerprint density at radius 3 is 1.60 bits per heavy atom. The topological polar surface area (TPSA) is 72.6 Å². The van der Waals surface area contributed by atoms with Crippen molar-refractivity contribution in [1.82, 2.24) is 29.5 Å². The van der Waals surface area contributed by atoms with Crippen LogP contribution in [0.1, 0.15) is 0 Å². The molecule has 0 N–H and O–H groups in total. The molecule has 0 unspecified atom stereocenters. The molecule has 0 aliphatic carbocycles. The number of fused-ring (bicyclic) bond motifs is 5. The molecular formula is C43H27N7. The third-order valence-electron chi connectivity index (χ3n) is 9.27. The van der Waals surface area contributed by atoms with Gasteiger partial charge in [-0.1, -0.05) is 103 Å². The van der Waals surface area contributed by atoms with Crippen LogP contribution in [0.2, 0.25) is 0 Å². The Balaban J connectivity index is 1.21. The number of benzene rings is 5. The Bertz CT molecular complexity index is 2630. The summed E-state index contributed by atoms with van der Waals surface area (Å²) in [6.07, 6.45) is 3.71. The van der Waals surface area contributed by atoms with Gasteiger partial charge in [0.2, 0.25) is 0 Å². The van der Waals surface area contributed by atoms with E-state index < -0.39 is 0 Å². The van der Waals surface area contributed by atoms with Crippen molar-refractivity contribution in [1.29, 1.82) is 0 Å². The molecule has 50 heavy (non-hydrogen) atoms. The molecule has 1 aliphatic heterocycles. The summed E-state index contributed by atoms with van der Waals surface area (Å²) in [6, 6.07) is 52.0. The van der Waals surface area contributed by atoms with Gasteiger partial charge in [0.05, 0.1) is 28.1 Å². The highest BCUT2D eigenvalue weighted by Gasteiger charge is 2.30. The van der Waals surface area contributed by atoms with Crippen molar-refractivity contribution in [2.75, 3.05) is 4.90 Å². The molecule has 1 aliphatic rings. The first-order valence-corrected chi connectivity index (χ1v) is 16.5. The Morgan fingerprint density at radius 2 is 0.940 bits per heavy atom. The number of rotatable bonds is 5. The molecular weight excluding hydrogens is 615 g/mol. The van der Waals surface area contributed by atoms with E-state index in [1.807, 2.05) is 85.2 Å². The van der Waals surface area contributed by atoms with Crippen molar-refractivity contribution in [3.63, 3.8) is 0 Å². The standard InChI is InChI=1S/C43H27N7/c1-4-11-28(12-5-1)29-18-21-33(22-19-29)49-36-24-26-45-39-38-35(17-10-25-44-38)50(40(36)39)34-23-20-32(27-37(34)49)43-47-41(30-13-6-2-7-14-30)46-42(48-43)31-15-8-3-9-16-31/h1-27H. The molecule has 7 heteroatoms. The minimum atomic E-state index is 0.601. The Kier molecular flexibility index (Phi) is 6.35. The van der Waals surface area contributed by atoms with Crippen molar-refractivity contribution in [3.05, 3.63) is 164 Å². The largest absolute Gasteiger partial charge is 0.306 e. The third kappa shape index (κ3) is 4.48. The van der Waals surface area contributed by atoms with E-state index in [1.165, 1.54) is 5.56 Å². The molecule has 0 saturated heterocycles. The lowest BCUT2D eigenvalue weighted by Crippen LogP contribution is -2.18. The van der Waals surface area contributed by atoms with Gasteiger partial charge in [0.15, 0.2) is 17.5 Å². The molecule has 0 atom stereocenters. The lowest BCUT2D eigenvalue weighted by Gasteiger charge is -2.33. The zero-order valence-corrected chi connectivity index (χ0v) is 26.7. The van der Waals surface area contributed by atoms with Crippen LogP contribution in [-0.4, -0.2) is 29.5 Å². The molecule has 5 aromatic carbocycles. The van der Waals surface area contributed by atoms with E-state index >= 15 is 0 Å². The summed E-state index contributed by atoms with van der Waals surface area (Å²) in [5.41, 5.74) is 12.9. The molecule has 0 spiro atoms. The number of aromatic nitrogens is 6.